The van der Waals surface area contributed by atoms with Crippen LogP contribution in [0.5, 0.6) is 0 Å². The number of carbonyl (C=O) groups excluding carboxylic acids is 2. The normalized spacial score (nSPS) is 12.4. The van der Waals surface area contributed by atoms with Crippen molar-refractivity contribution in [2.75, 3.05) is 13.3 Å². The molecule has 1 heterocycles. The van der Waals surface area contributed by atoms with Crippen LogP contribution in [0.2, 0.25) is 0 Å². The van der Waals surface area contributed by atoms with E-state index in [0.717, 1.165) is 11.3 Å². The smallest absolute Gasteiger partial charge is 0.196 e. The highest BCUT2D eigenvalue weighted by molar-refractivity contribution is 7.98. The molecule has 0 bridgehead atoms. The number of hydrogen-bond donors (Lipinski definition) is 1. The van der Waals surface area contributed by atoms with Crippen molar-refractivity contribution in [2.24, 2.45) is 0 Å². The molecule has 2 aromatic rings. The topological polar surface area (TPSA) is 53.2 Å². The van der Waals surface area contributed by atoms with Gasteiger partial charge in [-0.3, -0.25) is 14.5 Å². The SMILES string of the molecule is CSc1ccc(CN(C)[C@@H](C)C(=O)c2[nH]c(C)c(C(C)=O)c2C)cc1. The van der Waals surface area contributed by atoms with E-state index in [2.05, 4.69) is 35.5 Å². The van der Waals surface area contributed by atoms with Crippen molar-refractivity contribution in [1.29, 1.82) is 0 Å². The molecule has 0 saturated carbocycles. The minimum atomic E-state index is -0.281. The Hall–Kier alpha value is -1.85. The lowest BCUT2D eigenvalue weighted by Gasteiger charge is -2.23. The van der Waals surface area contributed by atoms with Crippen LogP contribution in [-0.4, -0.2) is 40.8 Å². The first-order valence-electron chi connectivity index (χ1n) is 8.33. The molecule has 4 nitrogen and oxygen atoms in total. The Kier molecular flexibility index (Phi) is 6.25. The largest absolute Gasteiger partial charge is 0.355 e. The Bertz CT molecular complexity index is 778. The van der Waals surface area contributed by atoms with Crippen molar-refractivity contribution in [1.82, 2.24) is 9.88 Å². The van der Waals surface area contributed by atoms with Crippen LogP contribution in [0.25, 0.3) is 0 Å². The van der Waals surface area contributed by atoms with Gasteiger partial charge in [0, 0.05) is 22.7 Å². The third kappa shape index (κ3) is 4.22. The van der Waals surface area contributed by atoms with Gasteiger partial charge in [-0.1, -0.05) is 12.1 Å². The number of benzene rings is 1. The average molecular weight is 359 g/mol. The minimum Gasteiger partial charge on any atom is -0.355 e. The Morgan fingerprint density at radius 2 is 1.80 bits per heavy atom. The number of nitrogens with zero attached hydrogens (tertiary/aromatic N) is 1. The van der Waals surface area contributed by atoms with Gasteiger partial charge in [0.25, 0.3) is 0 Å². The Labute approximate surface area is 154 Å². The molecule has 5 heteroatoms. The van der Waals surface area contributed by atoms with Crippen LogP contribution in [0, 0.1) is 13.8 Å². The number of H-pyrrole nitrogens is 1. The maximum atomic E-state index is 12.9. The number of ketones is 2. The molecule has 0 aliphatic rings. The molecule has 0 unspecified atom stereocenters. The van der Waals surface area contributed by atoms with Crippen LogP contribution < -0.4 is 0 Å². The van der Waals surface area contributed by atoms with Gasteiger partial charge in [-0.2, -0.15) is 0 Å². The molecule has 0 aliphatic heterocycles. The number of aromatic nitrogens is 1. The molecule has 1 aromatic heterocycles. The zero-order valence-corrected chi connectivity index (χ0v) is 16.6. The predicted octanol–water partition coefficient (Wildman–Crippen LogP) is 4.26. The van der Waals surface area contributed by atoms with Crippen molar-refractivity contribution in [2.45, 2.75) is 45.2 Å². The summed E-state index contributed by atoms with van der Waals surface area (Å²) in [4.78, 5) is 31.0. The fourth-order valence-corrected chi connectivity index (χ4v) is 3.50. The van der Waals surface area contributed by atoms with Gasteiger partial charge >= 0.3 is 0 Å². The fraction of sp³-hybridized carbons (Fsp3) is 0.400. The van der Waals surface area contributed by atoms with E-state index in [0.29, 0.717) is 17.8 Å². The summed E-state index contributed by atoms with van der Waals surface area (Å²) in [6.07, 6.45) is 2.05. The number of likely N-dealkylation sites (N-methyl/N-ethyl adjacent to an activating group) is 1. The van der Waals surface area contributed by atoms with Crippen molar-refractivity contribution in [3.8, 4) is 0 Å². The molecule has 0 saturated heterocycles. The number of aryl methyl sites for hydroxylation is 1. The summed E-state index contributed by atoms with van der Waals surface area (Å²) in [5.74, 6) is -0.00322. The molecular formula is C20H26N2O2S. The van der Waals surface area contributed by atoms with E-state index in [-0.39, 0.29) is 17.6 Å². The van der Waals surface area contributed by atoms with Gasteiger partial charge in [0.2, 0.25) is 0 Å². The van der Waals surface area contributed by atoms with Crippen molar-refractivity contribution >= 4 is 23.3 Å². The summed E-state index contributed by atoms with van der Waals surface area (Å²) < 4.78 is 0. The van der Waals surface area contributed by atoms with E-state index in [1.54, 1.807) is 11.8 Å². The number of aromatic amines is 1. The molecule has 2 rings (SSSR count). The zero-order chi connectivity index (χ0) is 18.7. The standard InChI is InChI=1S/C20H26N2O2S/c1-12-18(15(4)23)13(2)21-19(12)20(24)14(3)22(5)11-16-7-9-17(25-6)10-8-16/h7-10,14,21H,11H2,1-6H3/t14-/m0/s1. The van der Waals surface area contributed by atoms with E-state index < -0.39 is 0 Å². The van der Waals surface area contributed by atoms with Gasteiger partial charge in [0.15, 0.2) is 11.6 Å². The second kappa shape index (κ2) is 8.02. The molecule has 25 heavy (non-hydrogen) atoms. The highest BCUT2D eigenvalue weighted by atomic mass is 32.2. The minimum absolute atomic E-state index is 0.0105. The van der Waals surface area contributed by atoms with E-state index in [1.165, 1.54) is 17.4 Å². The average Bonchev–Trinajstić information content (AvgIpc) is 2.88. The first kappa shape index (κ1) is 19.5. The van der Waals surface area contributed by atoms with Gasteiger partial charge in [0.1, 0.15) is 0 Å². The summed E-state index contributed by atoms with van der Waals surface area (Å²) in [6, 6.07) is 8.10. The second-order valence-corrected chi connectivity index (χ2v) is 7.36. The van der Waals surface area contributed by atoms with Gasteiger partial charge in [-0.15, -0.1) is 11.8 Å². The van der Waals surface area contributed by atoms with Crippen molar-refractivity contribution < 1.29 is 9.59 Å². The number of thioether (sulfide) groups is 1. The first-order valence-corrected chi connectivity index (χ1v) is 9.56. The Morgan fingerprint density at radius 3 is 2.28 bits per heavy atom. The first-order chi connectivity index (χ1) is 11.8. The number of nitrogens with one attached hydrogen (secondary N) is 1. The summed E-state index contributed by atoms with van der Waals surface area (Å²) in [6.45, 7) is 7.80. The maximum Gasteiger partial charge on any atom is 0.196 e. The number of rotatable bonds is 7. The van der Waals surface area contributed by atoms with Gasteiger partial charge in [-0.05, 0) is 64.3 Å². The molecule has 1 atom stereocenters. The Morgan fingerprint density at radius 1 is 1.20 bits per heavy atom. The van der Waals surface area contributed by atoms with E-state index in [1.807, 2.05) is 32.7 Å². The van der Waals surface area contributed by atoms with Crippen LogP contribution in [-0.2, 0) is 6.54 Å². The summed E-state index contributed by atoms with van der Waals surface area (Å²) in [5, 5.41) is 0. The molecule has 1 N–H and O–H groups in total. The third-order valence-electron chi connectivity index (χ3n) is 4.67. The highest BCUT2D eigenvalue weighted by Crippen LogP contribution is 2.21. The van der Waals surface area contributed by atoms with Crippen LogP contribution in [0.4, 0.5) is 0 Å². The van der Waals surface area contributed by atoms with Gasteiger partial charge in [-0.25, -0.2) is 0 Å². The number of Topliss-reactive ketones (excluding diaryl/α,β-unsaturated/α-hetero) is 2. The van der Waals surface area contributed by atoms with Gasteiger partial charge in [0.05, 0.1) is 11.7 Å². The molecule has 0 spiro atoms. The van der Waals surface area contributed by atoms with E-state index in [4.69, 9.17) is 0 Å². The molecule has 1 aromatic carbocycles. The molecular weight excluding hydrogens is 332 g/mol. The maximum absolute atomic E-state index is 12.9. The molecule has 0 aliphatic carbocycles. The van der Waals surface area contributed by atoms with Crippen LogP contribution in [0.3, 0.4) is 0 Å². The van der Waals surface area contributed by atoms with Crippen molar-refractivity contribution in [3.05, 3.63) is 52.3 Å². The zero-order valence-electron chi connectivity index (χ0n) is 15.8. The van der Waals surface area contributed by atoms with Crippen molar-refractivity contribution in [3.63, 3.8) is 0 Å². The summed E-state index contributed by atoms with van der Waals surface area (Å²) >= 11 is 1.71. The fourth-order valence-electron chi connectivity index (χ4n) is 3.09. The molecule has 0 amide bonds. The second-order valence-electron chi connectivity index (χ2n) is 6.48. The van der Waals surface area contributed by atoms with Crippen LogP contribution in [0.1, 0.15) is 51.5 Å². The van der Waals surface area contributed by atoms with Gasteiger partial charge < -0.3 is 4.98 Å². The molecule has 0 radical (unpaired) electrons. The quantitative estimate of drug-likeness (QED) is 0.593. The number of carbonyl (C=O) groups is 2. The van der Waals surface area contributed by atoms with Crippen LogP contribution in [0.15, 0.2) is 29.2 Å². The van der Waals surface area contributed by atoms with E-state index >= 15 is 0 Å². The number of hydrogen-bond acceptors (Lipinski definition) is 4. The predicted molar refractivity (Wildman–Crippen MR) is 104 cm³/mol. The Balaban J connectivity index is 2.15. The summed E-state index contributed by atoms with van der Waals surface area (Å²) in [5.41, 5.74) is 3.85. The highest BCUT2D eigenvalue weighted by Gasteiger charge is 2.25. The lowest BCUT2D eigenvalue weighted by atomic mass is 10.0. The summed E-state index contributed by atoms with van der Waals surface area (Å²) in [7, 11) is 1.95. The lowest BCUT2D eigenvalue weighted by Crippen LogP contribution is -2.36. The van der Waals surface area contributed by atoms with Crippen LogP contribution >= 0.6 is 11.8 Å². The molecule has 0 fully saturated rings. The molecule has 134 valence electrons. The van der Waals surface area contributed by atoms with E-state index in [9.17, 15) is 9.59 Å². The monoisotopic (exact) mass is 358 g/mol. The third-order valence-corrected chi connectivity index (χ3v) is 5.41. The lowest BCUT2D eigenvalue weighted by molar-refractivity contribution is 0.0856.